The zero-order valence-corrected chi connectivity index (χ0v) is 7.52. The van der Waals surface area contributed by atoms with Gasteiger partial charge in [-0.15, -0.1) is 0 Å². The highest BCUT2D eigenvalue weighted by Gasteiger charge is 1.97. The van der Waals surface area contributed by atoms with Crippen molar-refractivity contribution in [1.82, 2.24) is 5.32 Å². The van der Waals surface area contributed by atoms with Gasteiger partial charge in [-0.1, -0.05) is 20.3 Å². The van der Waals surface area contributed by atoms with Crippen molar-refractivity contribution < 1.29 is 9.53 Å². The Morgan fingerprint density at radius 3 is 2.73 bits per heavy atom. The third kappa shape index (κ3) is 7.33. The van der Waals surface area contributed by atoms with Gasteiger partial charge < -0.3 is 10.1 Å². The van der Waals surface area contributed by atoms with E-state index in [1.165, 1.54) is 6.92 Å². The average molecular weight is 159 g/mol. The van der Waals surface area contributed by atoms with Gasteiger partial charge in [0, 0.05) is 6.92 Å². The molecule has 11 heavy (non-hydrogen) atoms. The van der Waals surface area contributed by atoms with Gasteiger partial charge in [-0.3, -0.25) is 4.79 Å². The lowest BCUT2D eigenvalue weighted by Crippen LogP contribution is -2.24. The van der Waals surface area contributed by atoms with Crippen LogP contribution in [0.2, 0.25) is 0 Å². The molecule has 1 unspecified atom stereocenters. The summed E-state index contributed by atoms with van der Waals surface area (Å²) in [4.78, 5) is 10.4. The van der Waals surface area contributed by atoms with Crippen LogP contribution in [0.3, 0.4) is 0 Å². The molecule has 0 bridgehead atoms. The summed E-state index contributed by atoms with van der Waals surface area (Å²) in [5.74, 6) is 0.526. The van der Waals surface area contributed by atoms with Gasteiger partial charge >= 0.3 is 0 Å². The molecule has 1 amide bonds. The standard InChI is InChI=1S/C8H17NO2/c1-4-7(2)5-11-6-9-8(3)10/h7H,4-6H2,1-3H3,(H,9,10). The van der Waals surface area contributed by atoms with Crippen molar-refractivity contribution in [1.29, 1.82) is 0 Å². The molecule has 0 saturated heterocycles. The normalized spacial score (nSPS) is 12.6. The van der Waals surface area contributed by atoms with E-state index in [1.807, 2.05) is 0 Å². The zero-order valence-electron chi connectivity index (χ0n) is 7.52. The maximum absolute atomic E-state index is 10.4. The number of hydrogen-bond donors (Lipinski definition) is 1. The summed E-state index contributed by atoms with van der Waals surface area (Å²) in [6.45, 7) is 6.77. The molecule has 3 nitrogen and oxygen atoms in total. The average Bonchev–Trinajstić information content (AvgIpc) is 1.97. The van der Waals surface area contributed by atoms with Crippen LogP contribution >= 0.6 is 0 Å². The Morgan fingerprint density at radius 2 is 2.27 bits per heavy atom. The second-order valence-electron chi connectivity index (χ2n) is 2.76. The molecule has 0 heterocycles. The Labute approximate surface area is 68.1 Å². The van der Waals surface area contributed by atoms with Crippen molar-refractivity contribution in [3.8, 4) is 0 Å². The summed E-state index contributed by atoms with van der Waals surface area (Å²) in [5, 5.41) is 2.56. The monoisotopic (exact) mass is 159 g/mol. The van der Waals surface area contributed by atoms with Crippen LogP contribution in [0.1, 0.15) is 27.2 Å². The van der Waals surface area contributed by atoms with E-state index in [0.29, 0.717) is 12.6 Å². The van der Waals surface area contributed by atoms with E-state index in [2.05, 4.69) is 19.2 Å². The van der Waals surface area contributed by atoms with Crippen LogP contribution in [0.25, 0.3) is 0 Å². The molecule has 0 saturated carbocycles. The number of rotatable bonds is 5. The summed E-state index contributed by atoms with van der Waals surface area (Å²) < 4.78 is 5.17. The number of ether oxygens (including phenoxy) is 1. The van der Waals surface area contributed by atoms with Crippen molar-refractivity contribution in [2.24, 2.45) is 5.92 Å². The smallest absolute Gasteiger partial charge is 0.218 e. The lowest BCUT2D eigenvalue weighted by Gasteiger charge is -2.08. The van der Waals surface area contributed by atoms with Crippen LogP contribution in [-0.4, -0.2) is 19.2 Å². The zero-order chi connectivity index (χ0) is 8.69. The van der Waals surface area contributed by atoms with E-state index < -0.39 is 0 Å². The van der Waals surface area contributed by atoms with Gasteiger partial charge in [-0.05, 0) is 5.92 Å². The maximum atomic E-state index is 10.4. The molecule has 0 aromatic heterocycles. The highest BCUT2D eigenvalue weighted by Crippen LogP contribution is 1.99. The number of carbonyl (C=O) groups is 1. The molecule has 0 aromatic rings. The van der Waals surface area contributed by atoms with E-state index in [0.717, 1.165) is 13.0 Å². The Morgan fingerprint density at radius 1 is 1.64 bits per heavy atom. The van der Waals surface area contributed by atoms with E-state index in [4.69, 9.17) is 4.74 Å². The first-order valence-corrected chi connectivity index (χ1v) is 3.99. The summed E-state index contributed by atoms with van der Waals surface area (Å²) in [6, 6.07) is 0. The molecule has 3 heteroatoms. The predicted octanol–water partition coefficient (Wildman–Crippen LogP) is 1.14. The van der Waals surface area contributed by atoms with Gasteiger partial charge in [-0.2, -0.15) is 0 Å². The van der Waals surface area contributed by atoms with Crippen LogP contribution in [0.5, 0.6) is 0 Å². The molecule has 0 aliphatic heterocycles. The molecule has 0 fully saturated rings. The quantitative estimate of drug-likeness (QED) is 0.482. The predicted molar refractivity (Wildman–Crippen MR) is 44.1 cm³/mol. The SMILES string of the molecule is CCC(C)COCNC(C)=O. The van der Waals surface area contributed by atoms with Crippen LogP contribution in [0.4, 0.5) is 0 Å². The van der Waals surface area contributed by atoms with Gasteiger partial charge in [0.2, 0.25) is 5.91 Å². The molecule has 1 atom stereocenters. The molecule has 0 aromatic carbocycles. The van der Waals surface area contributed by atoms with Crippen LogP contribution in [0, 0.1) is 5.92 Å². The minimum Gasteiger partial charge on any atom is -0.361 e. The van der Waals surface area contributed by atoms with Gasteiger partial charge in [-0.25, -0.2) is 0 Å². The summed E-state index contributed by atoms with van der Waals surface area (Å²) in [5.41, 5.74) is 0. The maximum Gasteiger partial charge on any atom is 0.218 e. The van der Waals surface area contributed by atoms with Crippen LogP contribution in [0.15, 0.2) is 0 Å². The van der Waals surface area contributed by atoms with E-state index in [9.17, 15) is 4.79 Å². The highest BCUT2D eigenvalue weighted by molar-refractivity contribution is 5.72. The molecule has 0 spiro atoms. The fraction of sp³-hybridized carbons (Fsp3) is 0.875. The van der Waals surface area contributed by atoms with Crippen molar-refractivity contribution in [3.05, 3.63) is 0 Å². The molecule has 1 N–H and O–H groups in total. The number of hydrogen-bond acceptors (Lipinski definition) is 2. The topological polar surface area (TPSA) is 38.3 Å². The minimum atomic E-state index is -0.0471. The molecular weight excluding hydrogens is 142 g/mol. The molecule has 0 aliphatic carbocycles. The Kier molecular flexibility index (Phi) is 5.84. The first-order chi connectivity index (χ1) is 5.16. The van der Waals surface area contributed by atoms with Gasteiger partial charge in [0.15, 0.2) is 0 Å². The Bertz CT molecular complexity index is 115. The Balaban J connectivity index is 3.08. The van der Waals surface area contributed by atoms with Gasteiger partial charge in [0.05, 0.1) is 6.61 Å². The Hall–Kier alpha value is -0.570. The minimum absolute atomic E-state index is 0.0471. The van der Waals surface area contributed by atoms with Crippen molar-refractivity contribution in [2.75, 3.05) is 13.3 Å². The van der Waals surface area contributed by atoms with Crippen molar-refractivity contribution in [2.45, 2.75) is 27.2 Å². The van der Waals surface area contributed by atoms with Crippen LogP contribution in [-0.2, 0) is 9.53 Å². The number of carbonyl (C=O) groups excluding carboxylic acids is 1. The molecule has 0 rings (SSSR count). The number of nitrogens with one attached hydrogen (secondary N) is 1. The highest BCUT2D eigenvalue weighted by atomic mass is 16.5. The van der Waals surface area contributed by atoms with E-state index >= 15 is 0 Å². The van der Waals surface area contributed by atoms with E-state index in [1.54, 1.807) is 0 Å². The summed E-state index contributed by atoms with van der Waals surface area (Å²) in [7, 11) is 0. The van der Waals surface area contributed by atoms with Gasteiger partial charge in [0.25, 0.3) is 0 Å². The number of amides is 1. The fourth-order valence-electron chi connectivity index (χ4n) is 0.531. The molecule has 66 valence electrons. The lowest BCUT2D eigenvalue weighted by molar-refractivity contribution is -0.120. The third-order valence-electron chi connectivity index (χ3n) is 1.52. The molecular formula is C8H17NO2. The van der Waals surface area contributed by atoms with Gasteiger partial charge in [0.1, 0.15) is 6.73 Å². The fourth-order valence-corrected chi connectivity index (χ4v) is 0.531. The molecule has 0 aliphatic rings. The largest absolute Gasteiger partial charge is 0.361 e. The first-order valence-electron chi connectivity index (χ1n) is 3.99. The van der Waals surface area contributed by atoms with Crippen LogP contribution < -0.4 is 5.32 Å². The first kappa shape index (κ1) is 10.4. The molecule has 0 radical (unpaired) electrons. The summed E-state index contributed by atoms with van der Waals surface area (Å²) in [6.07, 6.45) is 1.11. The second-order valence-corrected chi connectivity index (χ2v) is 2.76. The third-order valence-corrected chi connectivity index (χ3v) is 1.52. The summed E-state index contributed by atoms with van der Waals surface area (Å²) >= 11 is 0. The van der Waals surface area contributed by atoms with Crippen molar-refractivity contribution in [3.63, 3.8) is 0 Å². The second kappa shape index (κ2) is 6.16. The van der Waals surface area contributed by atoms with Crippen molar-refractivity contribution >= 4 is 5.91 Å². The van der Waals surface area contributed by atoms with E-state index in [-0.39, 0.29) is 5.91 Å². The lowest BCUT2D eigenvalue weighted by atomic mass is 10.1.